The number of halogens is 1. The van der Waals surface area contributed by atoms with Crippen LogP contribution in [0.25, 0.3) is 9.88 Å². The van der Waals surface area contributed by atoms with Gasteiger partial charge in [0.15, 0.2) is 0 Å². The van der Waals surface area contributed by atoms with Gasteiger partial charge in [-0.05, 0) is 59.5 Å². The SMILES string of the molecule is Cc1nc(-c2cc(Br)cs2)sc1C(=O)N1CCCC1c1ccncc1. The lowest BCUT2D eigenvalue weighted by molar-refractivity contribution is 0.0739. The van der Waals surface area contributed by atoms with Crippen molar-refractivity contribution in [3.63, 3.8) is 0 Å². The zero-order valence-corrected chi connectivity index (χ0v) is 16.8. The normalized spacial score (nSPS) is 17.2. The largest absolute Gasteiger partial charge is 0.331 e. The van der Waals surface area contributed by atoms with E-state index in [0.29, 0.717) is 0 Å². The molecule has 3 aromatic heterocycles. The molecule has 4 nitrogen and oxygen atoms in total. The number of likely N-dealkylation sites (tertiary alicyclic amines) is 1. The van der Waals surface area contributed by atoms with E-state index in [-0.39, 0.29) is 11.9 Å². The van der Waals surface area contributed by atoms with E-state index in [1.54, 1.807) is 23.7 Å². The highest BCUT2D eigenvalue weighted by Crippen LogP contribution is 2.37. The summed E-state index contributed by atoms with van der Waals surface area (Å²) in [5, 5.41) is 2.95. The minimum absolute atomic E-state index is 0.0937. The summed E-state index contributed by atoms with van der Waals surface area (Å²) in [4.78, 5) is 25.7. The third kappa shape index (κ3) is 3.28. The van der Waals surface area contributed by atoms with E-state index in [2.05, 4.69) is 25.9 Å². The van der Waals surface area contributed by atoms with E-state index in [1.807, 2.05) is 35.4 Å². The highest BCUT2D eigenvalue weighted by molar-refractivity contribution is 9.10. The van der Waals surface area contributed by atoms with Crippen LogP contribution in [0, 0.1) is 6.92 Å². The van der Waals surface area contributed by atoms with Gasteiger partial charge in [0.2, 0.25) is 0 Å². The number of carbonyl (C=O) groups is 1. The first-order valence-corrected chi connectivity index (χ1v) is 10.5. The Kier molecular flexibility index (Phi) is 4.71. The fraction of sp³-hybridized carbons (Fsp3) is 0.278. The van der Waals surface area contributed by atoms with Gasteiger partial charge in [-0.1, -0.05) is 0 Å². The highest BCUT2D eigenvalue weighted by Gasteiger charge is 2.32. The highest BCUT2D eigenvalue weighted by atomic mass is 79.9. The molecule has 3 aromatic rings. The lowest BCUT2D eigenvalue weighted by Crippen LogP contribution is -2.30. The molecule has 1 unspecified atom stereocenters. The van der Waals surface area contributed by atoms with Crippen LogP contribution in [-0.2, 0) is 0 Å². The molecule has 1 atom stereocenters. The molecule has 0 radical (unpaired) electrons. The zero-order chi connectivity index (χ0) is 17.4. The molecule has 1 amide bonds. The number of rotatable bonds is 3. The fourth-order valence-corrected chi connectivity index (χ4v) is 5.71. The fourth-order valence-electron chi connectivity index (χ4n) is 3.20. The van der Waals surface area contributed by atoms with Crippen LogP contribution < -0.4 is 0 Å². The van der Waals surface area contributed by atoms with Crippen molar-refractivity contribution >= 4 is 44.5 Å². The molecule has 1 fully saturated rings. The molecule has 0 spiro atoms. The Morgan fingerprint density at radius 2 is 2.16 bits per heavy atom. The van der Waals surface area contributed by atoms with Crippen LogP contribution in [0.3, 0.4) is 0 Å². The van der Waals surface area contributed by atoms with Crippen LogP contribution in [0.15, 0.2) is 40.4 Å². The molecule has 0 saturated carbocycles. The molecule has 1 aliphatic rings. The second kappa shape index (κ2) is 6.97. The molecule has 4 heterocycles. The van der Waals surface area contributed by atoms with Crippen molar-refractivity contribution in [3.05, 3.63) is 56.6 Å². The Balaban J connectivity index is 1.63. The molecule has 128 valence electrons. The summed E-state index contributed by atoms with van der Waals surface area (Å²) < 4.78 is 1.05. The summed E-state index contributed by atoms with van der Waals surface area (Å²) in [6.07, 6.45) is 5.61. The first-order chi connectivity index (χ1) is 12.1. The second-order valence-electron chi connectivity index (χ2n) is 6.00. The molecule has 0 bridgehead atoms. The van der Waals surface area contributed by atoms with Gasteiger partial charge in [0.25, 0.3) is 5.91 Å². The minimum atomic E-state index is 0.0937. The smallest absolute Gasteiger partial charge is 0.266 e. The van der Waals surface area contributed by atoms with Crippen LogP contribution in [0.2, 0.25) is 0 Å². The van der Waals surface area contributed by atoms with Crippen LogP contribution >= 0.6 is 38.6 Å². The first kappa shape index (κ1) is 16.9. The summed E-state index contributed by atoms with van der Waals surface area (Å²) >= 11 is 6.61. The number of thiazole rings is 1. The van der Waals surface area contributed by atoms with Crippen LogP contribution in [-0.4, -0.2) is 27.3 Å². The standard InChI is InChI=1S/C18H16BrN3OS2/c1-11-16(25-17(21-11)15-9-13(19)10-24-15)18(23)22-8-2-3-14(22)12-4-6-20-7-5-12/h4-7,9-10,14H,2-3,8H2,1H3. The van der Waals surface area contributed by atoms with Gasteiger partial charge in [-0.2, -0.15) is 0 Å². The van der Waals surface area contributed by atoms with E-state index >= 15 is 0 Å². The summed E-state index contributed by atoms with van der Waals surface area (Å²) in [5.74, 6) is 0.0937. The van der Waals surface area contributed by atoms with Gasteiger partial charge in [0.1, 0.15) is 9.88 Å². The molecular weight excluding hydrogens is 418 g/mol. The molecule has 1 saturated heterocycles. The summed E-state index contributed by atoms with van der Waals surface area (Å²) in [6.45, 7) is 2.72. The maximum atomic E-state index is 13.2. The van der Waals surface area contributed by atoms with Crippen molar-refractivity contribution in [3.8, 4) is 9.88 Å². The zero-order valence-electron chi connectivity index (χ0n) is 13.6. The number of aryl methyl sites for hydroxylation is 1. The van der Waals surface area contributed by atoms with E-state index in [0.717, 1.165) is 49.9 Å². The van der Waals surface area contributed by atoms with Crippen molar-refractivity contribution in [2.75, 3.05) is 6.54 Å². The molecule has 0 aliphatic carbocycles. The van der Waals surface area contributed by atoms with E-state index in [4.69, 9.17) is 0 Å². The van der Waals surface area contributed by atoms with Gasteiger partial charge in [-0.3, -0.25) is 9.78 Å². The summed E-state index contributed by atoms with van der Waals surface area (Å²) in [7, 11) is 0. The molecule has 4 rings (SSSR count). The number of aromatic nitrogens is 2. The van der Waals surface area contributed by atoms with Gasteiger partial charge in [-0.15, -0.1) is 22.7 Å². The maximum absolute atomic E-state index is 13.2. The van der Waals surface area contributed by atoms with Crippen LogP contribution in [0.4, 0.5) is 0 Å². The van der Waals surface area contributed by atoms with Crippen LogP contribution in [0.1, 0.15) is 39.8 Å². The lowest BCUT2D eigenvalue weighted by atomic mass is 10.1. The number of hydrogen-bond donors (Lipinski definition) is 0. The number of pyridine rings is 1. The molecular formula is C18H16BrN3OS2. The van der Waals surface area contributed by atoms with Gasteiger partial charge in [0, 0.05) is 28.8 Å². The Morgan fingerprint density at radius 1 is 1.36 bits per heavy atom. The quantitative estimate of drug-likeness (QED) is 0.561. The first-order valence-electron chi connectivity index (χ1n) is 8.06. The number of amides is 1. The van der Waals surface area contributed by atoms with Gasteiger partial charge in [0.05, 0.1) is 16.6 Å². The van der Waals surface area contributed by atoms with Crippen molar-refractivity contribution in [1.29, 1.82) is 0 Å². The number of thiophene rings is 1. The van der Waals surface area contributed by atoms with Crippen LogP contribution in [0.5, 0.6) is 0 Å². The lowest BCUT2D eigenvalue weighted by Gasteiger charge is -2.24. The van der Waals surface area contributed by atoms with Crippen molar-refractivity contribution in [2.45, 2.75) is 25.8 Å². The molecule has 7 heteroatoms. The van der Waals surface area contributed by atoms with Gasteiger partial charge < -0.3 is 4.90 Å². The Hall–Kier alpha value is -1.57. The van der Waals surface area contributed by atoms with Gasteiger partial charge in [-0.25, -0.2) is 4.98 Å². The third-order valence-electron chi connectivity index (χ3n) is 4.37. The Morgan fingerprint density at radius 3 is 2.88 bits per heavy atom. The topological polar surface area (TPSA) is 46.1 Å². The summed E-state index contributed by atoms with van der Waals surface area (Å²) in [6, 6.07) is 6.19. The molecule has 0 aromatic carbocycles. The molecule has 0 N–H and O–H groups in total. The molecule has 1 aliphatic heterocycles. The number of hydrogen-bond acceptors (Lipinski definition) is 5. The molecule has 25 heavy (non-hydrogen) atoms. The Bertz CT molecular complexity index is 906. The number of carbonyl (C=O) groups excluding carboxylic acids is 1. The van der Waals surface area contributed by atoms with Crippen molar-refractivity contribution < 1.29 is 4.79 Å². The second-order valence-corrected chi connectivity index (χ2v) is 8.83. The predicted molar refractivity (Wildman–Crippen MR) is 105 cm³/mol. The number of nitrogens with zero attached hydrogens (tertiary/aromatic N) is 3. The maximum Gasteiger partial charge on any atom is 0.266 e. The van der Waals surface area contributed by atoms with Crippen molar-refractivity contribution in [2.24, 2.45) is 0 Å². The average molecular weight is 434 g/mol. The van der Waals surface area contributed by atoms with Gasteiger partial charge >= 0.3 is 0 Å². The van der Waals surface area contributed by atoms with E-state index < -0.39 is 0 Å². The average Bonchev–Trinajstić information content (AvgIpc) is 3.34. The monoisotopic (exact) mass is 433 g/mol. The Labute approximate surface area is 162 Å². The van der Waals surface area contributed by atoms with E-state index in [9.17, 15) is 4.79 Å². The predicted octanol–water partition coefficient (Wildman–Crippen LogP) is 5.31. The third-order valence-corrected chi connectivity index (χ3v) is 7.38. The summed E-state index contributed by atoms with van der Waals surface area (Å²) in [5.41, 5.74) is 1.97. The minimum Gasteiger partial charge on any atom is -0.331 e. The van der Waals surface area contributed by atoms with Crippen molar-refractivity contribution in [1.82, 2.24) is 14.9 Å². The van der Waals surface area contributed by atoms with E-state index in [1.165, 1.54) is 11.3 Å².